The second-order valence-corrected chi connectivity index (χ2v) is 5.90. The third-order valence-electron chi connectivity index (χ3n) is 3.40. The van der Waals surface area contributed by atoms with Gasteiger partial charge in [0.2, 0.25) is 0 Å². The Hall–Kier alpha value is -1.78. The summed E-state index contributed by atoms with van der Waals surface area (Å²) in [7, 11) is 0. The highest BCUT2D eigenvalue weighted by molar-refractivity contribution is 7.99. The van der Waals surface area contributed by atoms with Crippen LogP contribution in [0.25, 0.3) is 11.1 Å². The molecule has 0 saturated carbocycles. The molecule has 20 heavy (non-hydrogen) atoms. The molecule has 2 atom stereocenters. The number of thioether (sulfide) groups is 1. The molecule has 1 saturated heterocycles. The first-order valence-electron chi connectivity index (χ1n) is 6.50. The Kier molecular flexibility index (Phi) is 3.76. The summed E-state index contributed by atoms with van der Waals surface area (Å²) in [6.07, 6.45) is 0. The molecule has 3 rings (SSSR count). The highest BCUT2D eigenvalue weighted by Crippen LogP contribution is 2.33. The molecular weight excluding hydrogens is 270 g/mol. The average molecular weight is 285 g/mol. The molecule has 0 spiro atoms. The van der Waals surface area contributed by atoms with Gasteiger partial charge in [-0.1, -0.05) is 54.6 Å². The normalized spacial score (nSPS) is 21.8. The molecule has 1 aliphatic heterocycles. The second kappa shape index (κ2) is 5.69. The van der Waals surface area contributed by atoms with Crippen LogP contribution in [0.5, 0.6) is 0 Å². The van der Waals surface area contributed by atoms with Crippen molar-refractivity contribution in [2.75, 3.05) is 5.75 Å². The predicted octanol–water partition coefficient (Wildman–Crippen LogP) is 3.14. The summed E-state index contributed by atoms with van der Waals surface area (Å²) in [5, 5.41) is 12.2. The quantitative estimate of drug-likeness (QED) is 0.909. The van der Waals surface area contributed by atoms with Crippen molar-refractivity contribution in [1.29, 1.82) is 0 Å². The lowest BCUT2D eigenvalue weighted by Gasteiger charge is -2.12. The Bertz CT molecular complexity index is 598. The maximum absolute atomic E-state index is 10.9. The molecule has 2 N–H and O–H groups in total. The number of carboxylic acids is 1. The van der Waals surface area contributed by atoms with Gasteiger partial charge in [0.05, 0.1) is 5.37 Å². The molecule has 2 unspecified atom stereocenters. The van der Waals surface area contributed by atoms with Gasteiger partial charge in [-0.25, -0.2) is 0 Å². The van der Waals surface area contributed by atoms with Gasteiger partial charge >= 0.3 is 5.97 Å². The molecule has 1 heterocycles. The van der Waals surface area contributed by atoms with Gasteiger partial charge in [-0.05, 0) is 16.7 Å². The summed E-state index contributed by atoms with van der Waals surface area (Å²) in [5.41, 5.74) is 3.49. The van der Waals surface area contributed by atoms with Crippen LogP contribution in [0.3, 0.4) is 0 Å². The van der Waals surface area contributed by atoms with Crippen molar-refractivity contribution in [3.63, 3.8) is 0 Å². The van der Waals surface area contributed by atoms with Crippen molar-refractivity contribution in [2.45, 2.75) is 11.4 Å². The summed E-state index contributed by atoms with van der Waals surface area (Å²) in [6, 6.07) is 18.1. The van der Waals surface area contributed by atoms with Crippen LogP contribution in [0.4, 0.5) is 0 Å². The highest BCUT2D eigenvalue weighted by Gasteiger charge is 2.30. The van der Waals surface area contributed by atoms with Crippen LogP contribution < -0.4 is 5.32 Å². The van der Waals surface area contributed by atoms with Gasteiger partial charge in [0.15, 0.2) is 0 Å². The minimum Gasteiger partial charge on any atom is -0.480 e. The van der Waals surface area contributed by atoms with E-state index in [1.165, 1.54) is 11.1 Å². The molecule has 2 aromatic carbocycles. The zero-order chi connectivity index (χ0) is 13.9. The third-order valence-corrected chi connectivity index (χ3v) is 4.67. The van der Waals surface area contributed by atoms with E-state index in [-0.39, 0.29) is 5.37 Å². The van der Waals surface area contributed by atoms with Gasteiger partial charge in [0, 0.05) is 5.75 Å². The first kappa shape index (κ1) is 13.2. The molecule has 0 radical (unpaired) electrons. The van der Waals surface area contributed by atoms with Crippen LogP contribution >= 0.6 is 11.8 Å². The van der Waals surface area contributed by atoms with E-state index >= 15 is 0 Å². The lowest BCUT2D eigenvalue weighted by Crippen LogP contribution is -2.33. The van der Waals surface area contributed by atoms with E-state index in [1.54, 1.807) is 11.8 Å². The van der Waals surface area contributed by atoms with Crippen LogP contribution in [0.15, 0.2) is 54.6 Å². The van der Waals surface area contributed by atoms with Gasteiger partial charge in [-0.15, -0.1) is 11.8 Å². The standard InChI is InChI=1S/C16H15NO2S/c18-16(19)14-10-20-15(17-14)13-8-6-12(7-9-13)11-4-2-1-3-5-11/h1-9,14-15,17H,10H2,(H,18,19). The molecule has 1 fully saturated rings. The van der Waals surface area contributed by atoms with E-state index in [0.29, 0.717) is 5.75 Å². The SMILES string of the molecule is O=C(O)C1CSC(c2ccc(-c3ccccc3)cc2)N1. The van der Waals surface area contributed by atoms with Crippen molar-refractivity contribution in [2.24, 2.45) is 0 Å². The van der Waals surface area contributed by atoms with Crippen molar-refractivity contribution in [3.05, 3.63) is 60.2 Å². The highest BCUT2D eigenvalue weighted by atomic mass is 32.2. The molecule has 4 heteroatoms. The van der Waals surface area contributed by atoms with Crippen molar-refractivity contribution < 1.29 is 9.90 Å². The van der Waals surface area contributed by atoms with E-state index < -0.39 is 12.0 Å². The van der Waals surface area contributed by atoms with Crippen LogP contribution in [0.2, 0.25) is 0 Å². The molecule has 0 aliphatic carbocycles. The molecular formula is C16H15NO2S. The van der Waals surface area contributed by atoms with Crippen molar-refractivity contribution in [1.82, 2.24) is 5.32 Å². The van der Waals surface area contributed by atoms with Gasteiger partial charge in [0.1, 0.15) is 6.04 Å². The predicted molar refractivity (Wildman–Crippen MR) is 81.6 cm³/mol. The minimum absolute atomic E-state index is 0.0703. The maximum atomic E-state index is 10.9. The number of hydrogen-bond acceptors (Lipinski definition) is 3. The summed E-state index contributed by atoms with van der Waals surface area (Å²) < 4.78 is 0. The van der Waals surface area contributed by atoms with E-state index in [9.17, 15) is 4.79 Å². The number of carboxylic acid groups (broad SMARTS) is 1. The van der Waals surface area contributed by atoms with Crippen molar-refractivity contribution >= 4 is 17.7 Å². The van der Waals surface area contributed by atoms with Crippen LogP contribution in [-0.4, -0.2) is 22.9 Å². The van der Waals surface area contributed by atoms with Crippen LogP contribution in [0.1, 0.15) is 10.9 Å². The summed E-state index contributed by atoms with van der Waals surface area (Å²) in [6.45, 7) is 0. The summed E-state index contributed by atoms with van der Waals surface area (Å²) >= 11 is 1.64. The van der Waals surface area contributed by atoms with E-state index in [1.807, 2.05) is 18.2 Å². The van der Waals surface area contributed by atoms with Gasteiger partial charge < -0.3 is 5.11 Å². The number of benzene rings is 2. The lowest BCUT2D eigenvalue weighted by atomic mass is 10.0. The summed E-state index contributed by atoms with van der Waals surface area (Å²) in [4.78, 5) is 10.9. The Morgan fingerprint density at radius 2 is 1.70 bits per heavy atom. The molecule has 0 aromatic heterocycles. The minimum atomic E-state index is -0.777. The van der Waals surface area contributed by atoms with E-state index in [0.717, 1.165) is 5.56 Å². The van der Waals surface area contributed by atoms with Crippen molar-refractivity contribution in [3.8, 4) is 11.1 Å². The van der Waals surface area contributed by atoms with Crippen LogP contribution in [0, 0.1) is 0 Å². The number of aliphatic carboxylic acids is 1. The number of hydrogen-bond donors (Lipinski definition) is 2. The fourth-order valence-corrected chi connectivity index (χ4v) is 3.52. The Labute approximate surface area is 122 Å². The van der Waals surface area contributed by atoms with E-state index in [4.69, 9.17) is 5.11 Å². The van der Waals surface area contributed by atoms with E-state index in [2.05, 4.69) is 41.7 Å². The average Bonchev–Trinajstić information content (AvgIpc) is 2.98. The molecule has 102 valence electrons. The zero-order valence-corrected chi connectivity index (χ0v) is 11.6. The molecule has 3 nitrogen and oxygen atoms in total. The molecule has 2 aromatic rings. The Morgan fingerprint density at radius 3 is 2.30 bits per heavy atom. The Morgan fingerprint density at radius 1 is 1.05 bits per heavy atom. The third kappa shape index (κ3) is 2.71. The first-order valence-corrected chi connectivity index (χ1v) is 7.55. The summed E-state index contributed by atoms with van der Waals surface area (Å²) in [5.74, 6) is -0.165. The lowest BCUT2D eigenvalue weighted by molar-refractivity contribution is -0.138. The van der Waals surface area contributed by atoms with Gasteiger partial charge in [-0.2, -0.15) is 0 Å². The molecule has 0 amide bonds. The fraction of sp³-hybridized carbons (Fsp3) is 0.188. The Balaban J connectivity index is 1.76. The maximum Gasteiger partial charge on any atom is 0.321 e. The van der Waals surface area contributed by atoms with Gasteiger partial charge in [0.25, 0.3) is 0 Å². The monoisotopic (exact) mass is 285 g/mol. The zero-order valence-electron chi connectivity index (χ0n) is 10.8. The number of rotatable bonds is 3. The first-order chi connectivity index (χ1) is 9.74. The molecule has 1 aliphatic rings. The topological polar surface area (TPSA) is 49.3 Å². The fourth-order valence-electron chi connectivity index (χ4n) is 2.29. The van der Waals surface area contributed by atoms with Gasteiger partial charge in [-0.3, -0.25) is 10.1 Å². The van der Waals surface area contributed by atoms with Crippen LogP contribution in [-0.2, 0) is 4.79 Å². The molecule has 0 bridgehead atoms. The number of nitrogens with one attached hydrogen (secondary N) is 1. The smallest absolute Gasteiger partial charge is 0.321 e. The second-order valence-electron chi connectivity index (χ2n) is 4.76. The largest absolute Gasteiger partial charge is 0.480 e. The number of carbonyl (C=O) groups is 1.